The molecule has 1 N–H and O–H groups in total. The van der Waals surface area contributed by atoms with E-state index in [2.05, 4.69) is 24.4 Å². The van der Waals surface area contributed by atoms with Crippen LogP contribution in [-0.2, 0) is 13.0 Å². The highest BCUT2D eigenvalue weighted by Crippen LogP contribution is 2.32. The number of carbonyl (C=O) groups is 1. The molecule has 2 heterocycles. The van der Waals surface area contributed by atoms with E-state index in [1.165, 1.54) is 5.56 Å². The lowest BCUT2D eigenvalue weighted by Gasteiger charge is -2.28. The molecule has 1 amide bonds. The van der Waals surface area contributed by atoms with Gasteiger partial charge < -0.3 is 14.6 Å². The molecule has 1 unspecified atom stereocenters. The van der Waals surface area contributed by atoms with E-state index >= 15 is 0 Å². The van der Waals surface area contributed by atoms with Gasteiger partial charge >= 0.3 is 0 Å². The number of hydrogen-bond donors (Lipinski definition) is 1. The first-order chi connectivity index (χ1) is 14.1. The number of ether oxygens (including phenoxy) is 1. The first-order valence-corrected chi connectivity index (χ1v) is 10.2. The Bertz CT molecular complexity index is 1100. The Hall–Kier alpha value is -3.08. The topological polar surface area (TPSA) is 60.3 Å². The number of aryl methyl sites for hydroxylation is 2. The maximum Gasteiger partial charge on any atom is 0.256 e. The lowest BCUT2D eigenvalue weighted by Crippen LogP contribution is -2.34. The van der Waals surface area contributed by atoms with Gasteiger partial charge in [0.2, 0.25) is 5.43 Å². The summed E-state index contributed by atoms with van der Waals surface area (Å²) in [4.78, 5) is 25.9. The van der Waals surface area contributed by atoms with Gasteiger partial charge in [-0.2, -0.15) is 0 Å². The van der Waals surface area contributed by atoms with Crippen molar-refractivity contribution in [3.63, 3.8) is 0 Å². The number of amides is 1. The van der Waals surface area contributed by atoms with Gasteiger partial charge in [-0.25, -0.2) is 0 Å². The summed E-state index contributed by atoms with van der Waals surface area (Å²) in [7, 11) is 0. The van der Waals surface area contributed by atoms with Gasteiger partial charge in [-0.15, -0.1) is 0 Å². The van der Waals surface area contributed by atoms with Crippen molar-refractivity contribution in [2.75, 3.05) is 6.54 Å². The van der Waals surface area contributed by atoms with Gasteiger partial charge in [0.05, 0.1) is 17.4 Å². The molecular formula is C24H26N2O3. The van der Waals surface area contributed by atoms with E-state index in [-0.39, 0.29) is 23.0 Å². The van der Waals surface area contributed by atoms with Crippen molar-refractivity contribution < 1.29 is 9.53 Å². The molecule has 3 aromatic rings. The molecule has 1 aliphatic rings. The van der Waals surface area contributed by atoms with Gasteiger partial charge in [0.15, 0.2) is 0 Å². The lowest BCUT2D eigenvalue weighted by atomic mass is 10.0. The molecule has 1 aliphatic heterocycles. The molecule has 0 fully saturated rings. The van der Waals surface area contributed by atoms with E-state index in [0.717, 1.165) is 36.1 Å². The molecule has 0 bridgehead atoms. The van der Waals surface area contributed by atoms with Gasteiger partial charge in [0.1, 0.15) is 17.4 Å². The number of benzene rings is 2. The predicted molar refractivity (Wildman–Crippen MR) is 115 cm³/mol. The first kappa shape index (κ1) is 19.2. The van der Waals surface area contributed by atoms with Crippen molar-refractivity contribution >= 4 is 16.8 Å². The van der Waals surface area contributed by atoms with Crippen molar-refractivity contribution in [3.8, 4) is 5.75 Å². The summed E-state index contributed by atoms with van der Waals surface area (Å²) in [5.41, 5.74) is 2.87. The fraction of sp³-hybridized carbons (Fsp3) is 0.333. The molecule has 0 saturated heterocycles. The summed E-state index contributed by atoms with van der Waals surface area (Å²) in [6.07, 6.45) is 4.32. The summed E-state index contributed by atoms with van der Waals surface area (Å²) in [5.74, 6) is 0.411. The maximum absolute atomic E-state index is 13.1. The molecule has 2 aromatic carbocycles. The van der Waals surface area contributed by atoms with Crippen LogP contribution in [0.4, 0.5) is 0 Å². The SMILES string of the molecule is CCC1Cn2cc(C(=O)NCCCc3ccccc3)c(=O)c3c(C)ccc(c32)O1. The molecule has 5 heteroatoms. The van der Waals surface area contributed by atoms with Crippen LogP contribution in [-0.4, -0.2) is 23.1 Å². The predicted octanol–water partition coefficient (Wildman–Crippen LogP) is 3.84. The molecule has 150 valence electrons. The Balaban J connectivity index is 1.57. The van der Waals surface area contributed by atoms with E-state index in [1.54, 1.807) is 6.20 Å². The van der Waals surface area contributed by atoms with Crippen molar-refractivity contribution in [2.45, 2.75) is 45.8 Å². The summed E-state index contributed by atoms with van der Waals surface area (Å²) < 4.78 is 8.03. The monoisotopic (exact) mass is 390 g/mol. The first-order valence-electron chi connectivity index (χ1n) is 10.2. The number of aromatic nitrogens is 1. The average molecular weight is 390 g/mol. The minimum Gasteiger partial charge on any atom is -0.486 e. The van der Waals surface area contributed by atoms with Crippen molar-refractivity contribution in [1.29, 1.82) is 0 Å². The molecule has 29 heavy (non-hydrogen) atoms. The molecule has 4 rings (SSSR count). The third kappa shape index (κ3) is 3.77. The van der Waals surface area contributed by atoms with Crippen LogP contribution >= 0.6 is 0 Å². The summed E-state index contributed by atoms with van der Waals surface area (Å²) >= 11 is 0. The van der Waals surface area contributed by atoms with E-state index < -0.39 is 0 Å². The highest BCUT2D eigenvalue weighted by molar-refractivity contribution is 5.99. The minimum atomic E-state index is -0.307. The Morgan fingerprint density at radius 1 is 1.21 bits per heavy atom. The van der Waals surface area contributed by atoms with Gasteiger partial charge in [-0.05, 0) is 43.4 Å². The molecule has 1 atom stereocenters. The Labute approximate surface area is 170 Å². The Morgan fingerprint density at radius 2 is 2.00 bits per heavy atom. The lowest BCUT2D eigenvalue weighted by molar-refractivity contribution is 0.0950. The van der Waals surface area contributed by atoms with Crippen LogP contribution < -0.4 is 15.5 Å². The average Bonchev–Trinajstić information content (AvgIpc) is 2.74. The van der Waals surface area contributed by atoms with Crippen molar-refractivity contribution in [1.82, 2.24) is 9.88 Å². The summed E-state index contributed by atoms with van der Waals surface area (Å²) in [5, 5.41) is 3.50. The standard InChI is InChI=1S/C24H26N2O3/c1-3-18-14-26-15-19(23(27)21-16(2)11-12-20(29-18)22(21)26)24(28)25-13-7-10-17-8-5-4-6-9-17/h4-6,8-9,11-12,15,18H,3,7,10,13-14H2,1-2H3,(H,25,28). The zero-order valence-electron chi connectivity index (χ0n) is 16.9. The fourth-order valence-corrected chi connectivity index (χ4v) is 3.94. The summed E-state index contributed by atoms with van der Waals surface area (Å²) in [6, 6.07) is 14.0. The third-order valence-corrected chi connectivity index (χ3v) is 5.56. The van der Waals surface area contributed by atoms with E-state index in [9.17, 15) is 9.59 Å². The largest absolute Gasteiger partial charge is 0.486 e. The van der Waals surface area contributed by atoms with Gasteiger partial charge in [-0.3, -0.25) is 9.59 Å². The number of rotatable bonds is 6. The second-order valence-electron chi connectivity index (χ2n) is 7.62. The normalized spacial score (nSPS) is 15.2. The van der Waals surface area contributed by atoms with Crippen LogP contribution in [0.2, 0.25) is 0 Å². The summed E-state index contributed by atoms with van der Waals surface area (Å²) in [6.45, 7) is 5.14. The number of pyridine rings is 1. The Kier molecular flexibility index (Phi) is 5.38. The zero-order valence-corrected chi connectivity index (χ0v) is 16.9. The fourth-order valence-electron chi connectivity index (χ4n) is 3.94. The zero-order chi connectivity index (χ0) is 20.4. The van der Waals surface area contributed by atoms with Crippen LogP contribution in [0.1, 0.15) is 41.3 Å². The quantitative estimate of drug-likeness (QED) is 0.651. The minimum absolute atomic E-state index is 0.0395. The molecule has 0 radical (unpaired) electrons. The van der Waals surface area contributed by atoms with E-state index in [1.807, 2.05) is 41.8 Å². The van der Waals surface area contributed by atoms with Gasteiger partial charge in [-0.1, -0.05) is 43.3 Å². The molecule has 0 saturated carbocycles. The van der Waals surface area contributed by atoms with Crippen LogP contribution in [0.5, 0.6) is 5.75 Å². The third-order valence-electron chi connectivity index (χ3n) is 5.56. The molecule has 0 aliphatic carbocycles. The number of nitrogens with one attached hydrogen (secondary N) is 1. The number of carbonyl (C=O) groups excluding carboxylic acids is 1. The van der Waals surface area contributed by atoms with Crippen molar-refractivity contribution in [3.05, 3.63) is 75.6 Å². The molecule has 0 spiro atoms. The van der Waals surface area contributed by atoms with Crippen LogP contribution in [0.15, 0.2) is 53.5 Å². The second kappa shape index (κ2) is 8.11. The molecular weight excluding hydrogens is 364 g/mol. The van der Waals surface area contributed by atoms with E-state index in [4.69, 9.17) is 4.74 Å². The van der Waals surface area contributed by atoms with Crippen molar-refractivity contribution in [2.24, 2.45) is 0 Å². The van der Waals surface area contributed by atoms with Gasteiger partial charge in [0.25, 0.3) is 5.91 Å². The van der Waals surface area contributed by atoms with E-state index in [0.29, 0.717) is 18.5 Å². The second-order valence-corrected chi connectivity index (χ2v) is 7.62. The smallest absolute Gasteiger partial charge is 0.256 e. The van der Waals surface area contributed by atoms with Crippen LogP contribution in [0.3, 0.4) is 0 Å². The molecule has 5 nitrogen and oxygen atoms in total. The van der Waals surface area contributed by atoms with Crippen LogP contribution in [0.25, 0.3) is 10.9 Å². The number of hydrogen-bond acceptors (Lipinski definition) is 3. The highest BCUT2D eigenvalue weighted by atomic mass is 16.5. The van der Waals surface area contributed by atoms with Gasteiger partial charge in [0, 0.05) is 12.7 Å². The van der Waals surface area contributed by atoms with Crippen LogP contribution in [0, 0.1) is 6.92 Å². The Morgan fingerprint density at radius 3 is 2.76 bits per heavy atom. The number of nitrogens with zero attached hydrogens (tertiary/aromatic N) is 1. The molecule has 1 aromatic heterocycles. The highest BCUT2D eigenvalue weighted by Gasteiger charge is 2.25. The maximum atomic E-state index is 13.1.